The zero-order chi connectivity index (χ0) is 23.7. The molecule has 0 aliphatic carbocycles. The van der Waals surface area contributed by atoms with Gasteiger partial charge in [-0.15, -0.1) is 0 Å². The van der Waals surface area contributed by atoms with E-state index in [0.29, 0.717) is 11.3 Å². The van der Waals surface area contributed by atoms with E-state index < -0.39 is 23.4 Å². The molecular weight excluding hydrogens is 426 g/mol. The predicted molar refractivity (Wildman–Crippen MR) is 132 cm³/mol. The molecule has 0 aromatic heterocycles. The summed E-state index contributed by atoms with van der Waals surface area (Å²) in [6, 6.07) is 30.0. The molecule has 0 bridgehead atoms. The van der Waals surface area contributed by atoms with Crippen LogP contribution in [0.3, 0.4) is 0 Å². The van der Waals surface area contributed by atoms with Crippen LogP contribution >= 0.6 is 0 Å². The van der Waals surface area contributed by atoms with Gasteiger partial charge < -0.3 is 10.6 Å². The molecule has 1 aliphatic rings. The number of para-hydroxylation sites is 1. The molecule has 0 radical (unpaired) electrons. The number of hydrogen-bond acceptors (Lipinski definition) is 3. The Morgan fingerprint density at radius 3 is 2.32 bits per heavy atom. The number of carbonyl (C=O) groups is 3. The number of benzene rings is 4. The van der Waals surface area contributed by atoms with Crippen molar-refractivity contribution in [1.29, 1.82) is 0 Å². The minimum Gasteiger partial charge on any atom is -0.324 e. The fourth-order valence-electron chi connectivity index (χ4n) is 4.33. The fraction of sp³-hybridized carbons (Fsp3) is 0.107. The van der Waals surface area contributed by atoms with Crippen molar-refractivity contribution in [3.8, 4) is 11.1 Å². The van der Waals surface area contributed by atoms with Gasteiger partial charge in [0.05, 0.1) is 0 Å². The lowest BCUT2D eigenvalue weighted by Gasteiger charge is -2.22. The number of rotatable bonds is 5. The smallest absolute Gasteiger partial charge is 0.324 e. The minimum atomic E-state index is -1.25. The first-order valence-electron chi connectivity index (χ1n) is 11.0. The molecule has 6 nitrogen and oxygen atoms in total. The zero-order valence-electron chi connectivity index (χ0n) is 18.6. The summed E-state index contributed by atoms with van der Waals surface area (Å²) in [4.78, 5) is 39.9. The number of anilines is 1. The lowest BCUT2D eigenvalue weighted by atomic mass is 9.90. The first-order valence-corrected chi connectivity index (χ1v) is 11.0. The molecule has 1 unspecified atom stereocenters. The van der Waals surface area contributed by atoms with Gasteiger partial charge in [0.1, 0.15) is 12.1 Å². The molecule has 1 aliphatic heterocycles. The summed E-state index contributed by atoms with van der Waals surface area (Å²) in [6.07, 6.45) is 0. The van der Waals surface area contributed by atoms with Gasteiger partial charge in [0.2, 0.25) is 5.91 Å². The largest absolute Gasteiger partial charge is 0.325 e. The number of urea groups is 1. The van der Waals surface area contributed by atoms with Gasteiger partial charge in [0.15, 0.2) is 0 Å². The normalized spacial score (nSPS) is 17.6. The highest BCUT2D eigenvalue weighted by atomic mass is 16.2. The van der Waals surface area contributed by atoms with Crippen molar-refractivity contribution < 1.29 is 14.4 Å². The van der Waals surface area contributed by atoms with E-state index in [2.05, 4.69) is 10.6 Å². The quantitative estimate of drug-likeness (QED) is 0.425. The van der Waals surface area contributed by atoms with Gasteiger partial charge >= 0.3 is 6.03 Å². The van der Waals surface area contributed by atoms with Gasteiger partial charge in [0.25, 0.3) is 5.91 Å². The summed E-state index contributed by atoms with van der Waals surface area (Å²) in [5.74, 6) is -0.908. The lowest BCUT2D eigenvalue weighted by Crippen LogP contribution is -2.42. The first kappa shape index (κ1) is 21.4. The van der Waals surface area contributed by atoms with Gasteiger partial charge in [0, 0.05) is 11.3 Å². The summed E-state index contributed by atoms with van der Waals surface area (Å²) in [5, 5.41) is 7.64. The molecule has 1 fully saturated rings. The minimum absolute atomic E-state index is 0.378. The maximum Gasteiger partial charge on any atom is 0.325 e. The third kappa shape index (κ3) is 3.79. The molecule has 4 amide bonds. The Kier molecular flexibility index (Phi) is 5.34. The zero-order valence-corrected chi connectivity index (χ0v) is 18.6. The maximum atomic E-state index is 13.3. The highest BCUT2D eigenvalue weighted by Crippen LogP contribution is 2.31. The van der Waals surface area contributed by atoms with E-state index in [4.69, 9.17) is 0 Å². The average molecular weight is 450 g/mol. The van der Waals surface area contributed by atoms with Gasteiger partial charge in [-0.05, 0) is 41.0 Å². The number of nitrogens with zero attached hydrogens (tertiary/aromatic N) is 1. The van der Waals surface area contributed by atoms with Crippen LogP contribution in [0.1, 0.15) is 12.5 Å². The third-order valence-corrected chi connectivity index (χ3v) is 6.19. The highest BCUT2D eigenvalue weighted by Gasteiger charge is 2.49. The summed E-state index contributed by atoms with van der Waals surface area (Å²) < 4.78 is 0. The molecule has 5 rings (SSSR count). The summed E-state index contributed by atoms with van der Waals surface area (Å²) >= 11 is 0. The predicted octanol–water partition coefficient (Wildman–Crippen LogP) is 4.91. The van der Waals surface area contributed by atoms with Crippen LogP contribution in [0.15, 0.2) is 97.1 Å². The molecule has 0 spiro atoms. The third-order valence-electron chi connectivity index (χ3n) is 6.19. The van der Waals surface area contributed by atoms with Gasteiger partial charge in [-0.2, -0.15) is 0 Å². The molecule has 34 heavy (non-hydrogen) atoms. The van der Waals surface area contributed by atoms with E-state index in [9.17, 15) is 14.4 Å². The van der Waals surface area contributed by atoms with E-state index >= 15 is 0 Å². The molecule has 2 N–H and O–H groups in total. The van der Waals surface area contributed by atoms with Crippen molar-refractivity contribution in [3.05, 3.63) is 103 Å². The molecule has 168 valence electrons. The van der Waals surface area contributed by atoms with Gasteiger partial charge in [-0.3, -0.25) is 14.5 Å². The molecule has 1 heterocycles. The average Bonchev–Trinajstić information content (AvgIpc) is 3.08. The van der Waals surface area contributed by atoms with E-state index in [-0.39, 0.29) is 6.54 Å². The molecular formula is C28H23N3O3. The van der Waals surface area contributed by atoms with Crippen LogP contribution in [-0.4, -0.2) is 29.3 Å². The number of fused-ring (bicyclic) bond motifs is 1. The lowest BCUT2D eigenvalue weighted by molar-refractivity contribution is -0.133. The van der Waals surface area contributed by atoms with Crippen molar-refractivity contribution in [1.82, 2.24) is 10.2 Å². The van der Waals surface area contributed by atoms with Crippen LogP contribution < -0.4 is 10.6 Å². The SMILES string of the molecule is CC1(c2ccc3ccccc3c2)NC(=O)N(CC(=O)Nc2ccccc2-c2ccccc2)C1=O. The van der Waals surface area contributed by atoms with E-state index in [1.54, 1.807) is 13.0 Å². The van der Waals surface area contributed by atoms with Crippen LogP contribution in [0, 0.1) is 0 Å². The van der Waals surface area contributed by atoms with Gasteiger partial charge in [-0.25, -0.2) is 4.79 Å². The molecule has 4 aromatic rings. The van der Waals surface area contributed by atoms with E-state index in [1.807, 2.05) is 91.0 Å². The highest BCUT2D eigenvalue weighted by molar-refractivity contribution is 6.10. The second-order valence-electron chi connectivity index (χ2n) is 8.47. The Morgan fingerprint density at radius 2 is 1.53 bits per heavy atom. The molecule has 0 saturated carbocycles. The Hall–Kier alpha value is -4.45. The topological polar surface area (TPSA) is 78.5 Å². The molecule has 6 heteroatoms. The summed E-state index contributed by atoms with van der Waals surface area (Å²) in [6.45, 7) is 1.29. The van der Waals surface area contributed by atoms with Crippen LogP contribution in [-0.2, 0) is 15.1 Å². The second-order valence-corrected chi connectivity index (χ2v) is 8.47. The Morgan fingerprint density at radius 1 is 0.853 bits per heavy atom. The number of nitrogens with one attached hydrogen (secondary N) is 2. The number of hydrogen-bond donors (Lipinski definition) is 2. The van der Waals surface area contributed by atoms with Crippen LogP contribution in [0.5, 0.6) is 0 Å². The summed E-state index contributed by atoms with van der Waals surface area (Å²) in [7, 11) is 0. The maximum absolute atomic E-state index is 13.3. The number of imide groups is 1. The molecule has 1 atom stereocenters. The fourth-order valence-corrected chi connectivity index (χ4v) is 4.33. The first-order chi connectivity index (χ1) is 16.5. The van der Waals surface area contributed by atoms with Crippen molar-refractivity contribution in [3.63, 3.8) is 0 Å². The number of amides is 4. The van der Waals surface area contributed by atoms with E-state index in [0.717, 1.165) is 26.8 Å². The Balaban J connectivity index is 1.36. The Labute approximate surface area is 197 Å². The van der Waals surface area contributed by atoms with Crippen molar-refractivity contribution in [2.75, 3.05) is 11.9 Å². The van der Waals surface area contributed by atoms with Crippen LogP contribution in [0.25, 0.3) is 21.9 Å². The van der Waals surface area contributed by atoms with Gasteiger partial charge in [-0.1, -0.05) is 84.9 Å². The van der Waals surface area contributed by atoms with Crippen LogP contribution in [0.2, 0.25) is 0 Å². The van der Waals surface area contributed by atoms with Crippen LogP contribution in [0.4, 0.5) is 10.5 Å². The van der Waals surface area contributed by atoms with Crippen molar-refractivity contribution >= 4 is 34.3 Å². The van der Waals surface area contributed by atoms with E-state index in [1.165, 1.54) is 0 Å². The second kappa shape index (κ2) is 8.48. The standard InChI is InChI=1S/C28H23N3O3/c1-28(22-16-15-19-9-5-6-12-21(19)17-22)26(33)31(27(34)30-28)18-25(32)29-24-14-8-7-13-23(24)20-10-3-2-4-11-20/h2-17H,18H2,1H3,(H,29,32)(H,30,34). The molecule has 1 saturated heterocycles. The molecule has 4 aromatic carbocycles. The van der Waals surface area contributed by atoms with Crippen molar-refractivity contribution in [2.45, 2.75) is 12.5 Å². The van der Waals surface area contributed by atoms with Crippen molar-refractivity contribution in [2.24, 2.45) is 0 Å². The Bertz CT molecular complexity index is 1420. The number of carbonyl (C=O) groups excluding carboxylic acids is 3. The summed E-state index contributed by atoms with van der Waals surface area (Å²) in [5.41, 5.74) is 1.85. The monoisotopic (exact) mass is 449 g/mol.